The Morgan fingerprint density at radius 3 is 2.81 bits per heavy atom. The van der Waals surface area contributed by atoms with E-state index in [1.165, 1.54) is 37.7 Å². The highest BCUT2D eigenvalue weighted by Gasteiger charge is 2.30. The molecule has 114 valence electrons. The van der Waals surface area contributed by atoms with Crippen LogP contribution >= 0.6 is 0 Å². The van der Waals surface area contributed by atoms with Crippen molar-refractivity contribution in [2.24, 2.45) is 0 Å². The summed E-state index contributed by atoms with van der Waals surface area (Å²) in [6, 6.07) is 4.85. The van der Waals surface area contributed by atoms with Gasteiger partial charge in [-0.25, -0.2) is 4.98 Å². The van der Waals surface area contributed by atoms with E-state index in [0.29, 0.717) is 6.04 Å². The van der Waals surface area contributed by atoms with Gasteiger partial charge in [-0.3, -0.25) is 4.79 Å². The molecule has 4 nitrogen and oxygen atoms in total. The Morgan fingerprint density at radius 2 is 2.05 bits per heavy atom. The predicted molar refractivity (Wildman–Crippen MR) is 84.1 cm³/mol. The summed E-state index contributed by atoms with van der Waals surface area (Å²) >= 11 is 0. The average Bonchev–Trinajstić information content (AvgIpc) is 2.98. The summed E-state index contributed by atoms with van der Waals surface area (Å²) in [5, 5.41) is 3.64. The molecule has 1 aliphatic heterocycles. The van der Waals surface area contributed by atoms with Gasteiger partial charge in [-0.1, -0.05) is 25.3 Å². The Balaban J connectivity index is 1.80. The van der Waals surface area contributed by atoms with Crippen molar-refractivity contribution >= 4 is 11.7 Å². The molecule has 1 aliphatic carbocycles. The van der Waals surface area contributed by atoms with Crippen LogP contribution in [0.15, 0.2) is 18.3 Å². The number of likely N-dealkylation sites (tertiary alicyclic amines) is 1. The van der Waals surface area contributed by atoms with Crippen LogP contribution in [-0.4, -0.2) is 28.4 Å². The van der Waals surface area contributed by atoms with Crippen LogP contribution in [0.5, 0.6) is 0 Å². The van der Waals surface area contributed by atoms with Crippen molar-refractivity contribution in [1.29, 1.82) is 0 Å². The number of carbonyl (C=O) groups excluding carboxylic acids is 1. The summed E-state index contributed by atoms with van der Waals surface area (Å²) in [6.45, 7) is 2.54. The predicted octanol–water partition coefficient (Wildman–Crippen LogP) is 3.51. The van der Waals surface area contributed by atoms with E-state index in [1.807, 2.05) is 17.2 Å². The van der Waals surface area contributed by atoms with Gasteiger partial charge in [0.05, 0.1) is 6.04 Å². The van der Waals surface area contributed by atoms with Crippen LogP contribution in [0.3, 0.4) is 0 Å². The van der Waals surface area contributed by atoms with Crippen molar-refractivity contribution in [3.8, 4) is 0 Å². The molecular weight excluding hydrogens is 262 g/mol. The van der Waals surface area contributed by atoms with Crippen molar-refractivity contribution in [3.63, 3.8) is 0 Å². The topological polar surface area (TPSA) is 45.2 Å². The monoisotopic (exact) mass is 287 g/mol. The van der Waals surface area contributed by atoms with Crippen molar-refractivity contribution in [2.75, 3.05) is 11.9 Å². The lowest BCUT2D eigenvalue weighted by Gasteiger charge is -2.28. The normalized spacial score (nSPS) is 23.3. The summed E-state index contributed by atoms with van der Waals surface area (Å²) in [6.07, 6.45) is 10.4. The molecular formula is C17H25N3O. The summed E-state index contributed by atoms with van der Waals surface area (Å²) < 4.78 is 0. The lowest BCUT2D eigenvalue weighted by atomic mass is 9.95. The number of aromatic nitrogens is 1. The lowest BCUT2D eigenvalue weighted by Crippen LogP contribution is -2.30. The summed E-state index contributed by atoms with van der Waals surface area (Å²) in [5.41, 5.74) is 1.19. The van der Waals surface area contributed by atoms with E-state index in [-0.39, 0.29) is 11.9 Å². The molecule has 3 rings (SSSR count). The van der Waals surface area contributed by atoms with Crippen molar-refractivity contribution in [3.05, 3.63) is 23.9 Å². The highest BCUT2D eigenvalue weighted by Crippen LogP contribution is 2.35. The standard InChI is InChI=1S/C17H25N3O/c1-13(21)20-12-6-10-16(20)15-9-5-11-18-17(15)19-14-7-3-2-4-8-14/h5,9,11,14,16H,2-4,6-8,10,12H2,1H3,(H,18,19). The van der Waals surface area contributed by atoms with E-state index < -0.39 is 0 Å². The number of nitrogens with zero attached hydrogens (tertiary/aromatic N) is 2. The van der Waals surface area contributed by atoms with Crippen LogP contribution in [0.1, 0.15) is 63.5 Å². The Labute approximate surface area is 126 Å². The Morgan fingerprint density at radius 1 is 1.24 bits per heavy atom. The third kappa shape index (κ3) is 3.20. The maximum Gasteiger partial charge on any atom is 0.219 e. The van der Waals surface area contributed by atoms with Gasteiger partial charge < -0.3 is 10.2 Å². The Hall–Kier alpha value is -1.58. The first-order valence-electron chi connectivity index (χ1n) is 8.24. The second kappa shape index (κ2) is 6.46. The number of hydrogen-bond acceptors (Lipinski definition) is 3. The molecule has 0 bridgehead atoms. The van der Waals surface area contributed by atoms with E-state index >= 15 is 0 Å². The summed E-state index contributed by atoms with van der Waals surface area (Å²) in [7, 11) is 0. The van der Waals surface area contributed by atoms with E-state index in [2.05, 4.69) is 16.4 Å². The molecule has 1 aromatic heterocycles. The van der Waals surface area contributed by atoms with Gasteiger partial charge in [0.15, 0.2) is 0 Å². The fourth-order valence-electron chi connectivity index (χ4n) is 3.71. The minimum Gasteiger partial charge on any atom is -0.367 e. The number of amides is 1. The van der Waals surface area contributed by atoms with Crippen LogP contribution in [0, 0.1) is 0 Å². The van der Waals surface area contributed by atoms with Crippen molar-refractivity contribution in [1.82, 2.24) is 9.88 Å². The molecule has 1 atom stereocenters. The minimum atomic E-state index is 0.171. The highest BCUT2D eigenvalue weighted by molar-refractivity contribution is 5.74. The molecule has 2 heterocycles. The van der Waals surface area contributed by atoms with Gasteiger partial charge in [0.2, 0.25) is 5.91 Å². The molecule has 21 heavy (non-hydrogen) atoms. The second-order valence-electron chi connectivity index (χ2n) is 6.29. The lowest BCUT2D eigenvalue weighted by molar-refractivity contribution is -0.129. The zero-order chi connectivity index (χ0) is 14.7. The van der Waals surface area contributed by atoms with Gasteiger partial charge in [0.1, 0.15) is 5.82 Å². The average molecular weight is 287 g/mol. The molecule has 0 aromatic carbocycles. The maximum absolute atomic E-state index is 11.8. The van der Waals surface area contributed by atoms with Gasteiger partial charge in [0.25, 0.3) is 0 Å². The van der Waals surface area contributed by atoms with Gasteiger partial charge in [-0.05, 0) is 31.7 Å². The molecule has 4 heteroatoms. The van der Waals surface area contributed by atoms with E-state index in [1.54, 1.807) is 6.92 Å². The summed E-state index contributed by atoms with van der Waals surface area (Å²) in [4.78, 5) is 18.4. The SMILES string of the molecule is CC(=O)N1CCCC1c1cccnc1NC1CCCCC1. The fraction of sp³-hybridized carbons (Fsp3) is 0.647. The smallest absolute Gasteiger partial charge is 0.219 e. The maximum atomic E-state index is 11.8. The van der Waals surface area contributed by atoms with Gasteiger partial charge >= 0.3 is 0 Å². The zero-order valence-electron chi connectivity index (χ0n) is 12.8. The van der Waals surface area contributed by atoms with Crippen LogP contribution in [0.2, 0.25) is 0 Å². The van der Waals surface area contributed by atoms with Gasteiger partial charge in [-0.15, -0.1) is 0 Å². The Kier molecular flexibility index (Phi) is 4.42. The van der Waals surface area contributed by atoms with Gasteiger partial charge in [-0.2, -0.15) is 0 Å². The highest BCUT2D eigenvalue weighted by atomic mass is 16.2. The molecule has 0 spiro atoms. The second-order valence-corrected chi connectivity index (χ2v) is 6.29. The van der Waals surface area contributed by atoms with E-state index in [0.717, 1.165) is 25.2 Å². The molecule has 2 fully saturated rings. The summed E-state index contributed by atoms with van der Waals surface area (Å²) in [5.74, 6) is 1.16. The van der Waals surface area contributed by atoms with E-state index in [4.69, 9.17) is 0 Å². The number of pyridine rings is 1. The van der Waals surface area contributed by atoms with Gasteiger partial charge in [0, 0.05) is 31.3 Å². The fourth-order valence-corrected chi connectivity index (χ4v) is 3.71. The number of hydrogen-bond donors (Lipinski definition) is 1. The first-order valence-corrected chi connectivity index (χ1v) is 8.24. The molecule has 1 saturated carbocycles. The molecule has 2 aliphatic rings. The van der Waals surface area contributed by atoms with Crippen LogP contribution in [0.4, 0.5) is 5.82 Å². The quantitative estimate of drug-likeness (QED) is 0.925. The molecule has 1 N–H and O–H groups in total. The molecule has 0 radical (unpaired) electrons. The minimum absolute atomic E-state index is 0.171. The molecule has 1 unspecified atom stereocenters. The Bertz CT molecular complexity index is 497. The van der Waals surface area contributed by atoms with Crippen molar-refractivity contribution in [2.45, 2.75) is 64.0 Å². The molecule has 1 saturated heterocycles. The third-order valence-electron chi connectivity index (χ3n) is 4.80. The largest absolute Gasteiger partial charge is 0.367 e. The van der Waals surface area contributed by atoms with Crippen LogP contribution in [-0.2, 0) is 4.79 Å². The number of anilines is 1. The molecule has 1 aromatic rings. The zero-order valence-corrected chi connectivity index (χ0v) is 12.8. The third-order valence-corrected chi connectivity index (χ3v) is 4.80. The van der Waals surface area contributed by atoms with Crippen LogP contribution in [0.25, 0.3) is 0 Å². The number of rotatable bonds is 3. The van der Waals surface area contributed by atoms with Crippen LogP contribution < -0.4 is 5.32 Å². The first-order chi connectivity index (χ1) is 10.3. The van der Waals surface area contributed by atoms with E-state index in [9.17, 15) is 4.79 Å². The number of carbonyl (C=O) groups is 1. The first kappa shape index (κ1) is 14.4. The number of nitrogens with one attached hydrogen (secondary N) is 1. The molecule has 1 amide bonds. The van der Waals surface area contributed by atoms with Crippen molar-refractivity contribution < 1.29 is 4.79 Å².